The highest BCUT2D eigenvalue weighted by atomic mass is 35.5. The maximum atomic E-state index is 12.9. The van der Waals surface area contributed by atoms with Crippen LogP contribution in [0.3, 0.4) is 0 Å². The van der Waals surface area contributed by atoms with Crippen molar-refractivity contribution < 1.29 is 13.6 Å². The summed E-state index contributed by atoms with van der Waals surface area (Å²) in [5, 5.41) is 0.288. The fourth-order valence-electron chi connectivity index (χ4n) is 1.24. The Kier molecular flexibility index (Phi) is 3.80. The molecule has 1 aromatic rings. The van der Waals surface area contributed by atoms with Crippen LogP contribution in [0, 0.1) is 0 Å². The van der Waals surface area contributed by atoms with Gasteiger partial charge in [0.25, 0.3) is 5.92 Å². The Morgan fingerprint density at radius 3 is 2.60 bits per heavy atom. The molecular weight excluding hydrogens is 222 g/mol. The molecular formula is C11H11ClF2O. The molecule has 0 saturated heterocycles. The van der Waals surface area contributed by atoms with Crippen LogP contribution in [0.5, 0.6) is 0 Å². The molecule has 0 amide bonds. The van der Waals surface area contributed by atoms with Gasteiger partial charge in [-0.25, -0.2) is 8.78 Å². The van der Waals surface area contributed by atoms with E-state index in [1.165, 1.54) is 12.1 Å². The highest BCUT2D eigenvalue weighted by molar-refractivity contribution is 6.31. The molecule has 0 aliphatic carbocycles. The number of halogens is 3. The maximum Gasteiger partial charge on any atom is 0.270 e. The predicted octanol–water partition coefficient (Wildman–Crippen LogP) is 3.58. The van der Waals surface area contributed by atoms with E-state index in [0.29, 0.717) is 12.8 Å². The third-order valence-electron chi connectivity index (χ3n) is 2.09. The van der Waals surface area contributed by atoms with Gasteiger partial charge in [-0.2, -0.15) is 0 Å². The lowest BCUT2D eigenvalue weighted by molar-refractivity contribution is -0.107. The molecule has 0 bridgehead atoms. The third-order valence-corrected chi connectivity index (χ3v) is 2.44. The second kappa shape index (κ2) is 4.71. The summed E-state index contributed by atoms with van der Waals surface area (Å²) in [7, 11) is 0. The van der Waals surface area contributed by atoms with Crippen LogP contribution in [0.15, 0.2) is 18.2 Å². The lowest BCUT2D eigenvalue weighted by Crippen LogP contribution is -2.07. The van der Waals surface area contributed by atoms with Gasteiger partial charge in [0.2, 0.25) is 0 Å². The van der Waals surface area contributed by atoms with Gasteiger partial charge in [0.15, 0.2) is 0 Å². The van der Waals surface area contributed by atoms with Crippen molar-refractivity contribution in [2.75, 3.05) is 0 Å². The largest absolute Gasteiger partial charge is 0.303 e. The lowest BCUT2D eigenvalue weighted by atomic mass is 10.0. The molecule has 0 heterocycles. The van der Waals surface area contributed by atoms with Crippen LogP contribution in [0.1, 0.15) is 24.5 Å². The molecule has 1 rings (SSSR count). The van der Waals surface area contributed by atoms with Crippen molar-refractivity contribution in [3.8, 4) is 0 Å². The fourth-order valence-corrected chi connectivity index (χ4v) is 1.51. The number of alkyl halides is 2. The van der Waals surface area contributed by atoms with E-state index >= 15 is 0 Å². The summed E-state index contributed by atoms with van der Waals surface area (Å²) >= 11 is 5.82. The molecule has 1 nitrogen and oxygen atoms in total. The maximum absolute atomic E-state index is 12.9. The lowest BCUT2D eigenvalue weighted by Gasteiger charge is -2.12. The van der Waals surface area contributed by atoms with Crippen LogP contribution in [0.2, 0.25) is 5.02 Å². The number of aryl methyl sites for hydroxylation is 1. The zero-order valence-corrected chi connectivity index (χ0v) is 9.02. The Labute approximate surface area is 92.1 Å². The zero-order chi connectivity index (χ0) is 11.5. The van der Waals surface area contributed by atoms with Crippen LogP contribution >= 0.6 is 11.6 Å². The van der Waals surface area contributed by atoms with Crippen LogP contribution in [0.25, 0.3) is 0 Å². The molecule has 1 aromatic carbocycles. The molecule has 0 saturated carbocycles. The van der Waals surface area contributed by atoms with E-state index in [1.54, 1.807) is 6.07 Å². The Morgan fingerprint density at radius 1 is 1.47 bits per heavy atom. The molecule has 0 N–H and O–H groups in total. The average Bonchev–Trinajstić information content (AvgIpc) is 2.14. The highest BCUT2D eigenvalue weighted by Crippen LogP contribution is 2.30. The van der Waals surface area contributed by atoms with Gasteiger partial charge >= 0.3 is 0 Å². The molecule has 0 unspecified atom stereocenters. The van der Waals surface area contributed by atoms with Crippen molar-refractivity contribution in [2.45, 2.75) is 25.7 Å². The number of hydrogen-bond acceptors (Lipinski definition) is 1. The summed E-state index contributed by atoms with van der Waals surface area (Å²) in [6, 6.07) is 4.13. The second-order valence-electron chi connectivity index (χ2n) is 3.40. The molecule has 0 aromatic heterocycles. The summed E-state index contributed by atoms with van der Waals surface area (Å²) in [5.74, 6) is -2.88. The smallest absolute Gasteiger partial charge is 0.270 e. The summed E-state index contributed by atoms with van der Waals surface area (Å²) in [4.78, 5) is 10.2. The SMILES string of the molecule is CC(F)(F)c1ccc(CCC=O)c(Cl)c1. The number of aldehydes is 1. The van der Waals surface area contributed by atoms with Gasteiger partial charge in [0.05, 0.1) is 0 Å². The Balaban J connectivity index is 2.93. The van der Waals surface area contributed by atoms with E-state index in [4.69, 9.17) is 11.6 Å². The molecule has 15 heavy (non-hydrogen) atoms. The Bertz CT molecular complexity index is 358. The van der Waals surface area contributed by atoms with E-state index < -0.39 is 5.92 Å². The van der Waals surface area contributed by atoms with E-state index in [2.05, 4.69) is 0 Å². The highest BCUT2D eigenvalue weighted by Gasteiger charge is 2.24. The summed E-state index contributed by atoms with van der Waals surface area (Å²) < 4.78 is 25.8. The van der Waals surface area contributed by atoms with Gasteiger partial charge in [-0.3, -0.25) is 0 Å². The minimum absolute atomic E-state index is 0.109. The first kappa shape index (κ1) is 12.1. The first-order chi connectivity index (χ1) is 6.95. The van der Waals surface area contributed by atoms with Crippen molar-refractivity contribution in [1.82, 2.24) is 0 Å². The number of rotatable bonds is 4. The summed E-state index contributed by atoms with van der Waals surface area (Å²) in [5.41, 5.74) is 0.610. The molecule has 0 spiro atoms. The molecule has 0 fully saturated rings. The summed E-state index contributed by atoms with van der Waals surface area (Å²) in [6.45, 7) is 0.823. The molecule has 4 heteroatoms. The van der Waals surface area contributed by atoms with E-state index in [0.717, 1.165) is 18.8 Å². The van der Waals surface area contributed by atoms with Gasteiger partial charge in [-0.1, -0.05) is 23.7 Å². The normalized spacial score (nSPS) is 11.5. The monoisotopic (exact) mass is 232 g/mol. The van der Waals surface area contributed by atoms with E-state index in [9.17, 15) is 13.6 Å². The van der Waals surface area contributed by atoms with Crippen molar-refractivity contribution in [1.29, 1.82) is 0 Å². The predicted molar refractivity (Wildman–Crippen MR) is 55.4 cm³/mol. The zero-order valence-electron chi connectivity index (χ0n) is 8.27. The number of carbonyl (C=O) groups excluding carboxylic acids is 1. The summed E-state index contributed by atoms with van der Waals surface area (Å²) in [6.07, 6.45) is 1.61. The van der Waals surface area contributed by atoms with Gasteiger partial charge in [-0.15, -0.1) is 0 Å². The number of hydrogen-bond donors (Lipinski definition) is 0. The topological polar surface area (TPSA) is 17.1 Å². The van der Waals surface area contributed by atoms with Crippen LogP contribution < -0.4 is 0 Å². The standard InChI is InChI=1S/C11H11ClF2O/c1-11(13,14)9-5-4-8(3-2-6-15)10(12)7-9/h4-7H,2-3H2,1H3. The van der Waals surface area contributed by atoms with Gasteiger partial charge < -0.3 is 4.79 Å². The van der Waals surface area contributed by atoms with Crippen molar-refractivity contribution >= 4 is 17.9 Å². The van der Waals surface area contributed by atoms with Crippen molar-refractivity contribution in [2.24, 2.45) is 0 Å². The first-order valence-corrected chi connectivity index (χ1v) is 4.93. The third kappa shape index (κ3) is 3.27. The van der Waals surface area contributed by atoms with Crippen molar-refractivity contribution in [3.05, 3.63) is 34.3 Å². The quantitative estimate of drug-likeness (QED) is 0.725. The minimum Gasteiger partial charge on any atom is -0.303 e. The van der Waals surface area contributed by atoms with Crippen molar-refractivity contribution in [3.63, 3.8) is 0 Å². The van der Waals surface area contributed by atoms with Crippen LogP contribution in [0.4, 0.5) is 8.78 Å². The molecule has 0 radical (unpaired) electrons. The van der Waals surface area contributed by atoms with Gasteiger partial charge in [0, 0.05) is 23.9 Å². The Morgan fingerprint density at radius 2 is 2.13 bits per heavy atom. The molecule has 0 atom stereocenters. The fraction of sp³-hybridized carbons (Fsp3) is 0.364. The van der Waals surface area contributed by atoms with Crippen LogP contribution in [-0.2, 0) is 17.1 Å². The second-order valence-corrected chi connectivity index (χ2v) is 3.81. The average molecular weight is 233 g/mol. The molecule has 0 aliphatic heterocycles. The van der Waals surface area contributed by atoms with E-state index in [1.807, 2.05) is 0 Å². The molecule has 82 valence electrons. The Hall–Kier alpha value is -0.960. The molecule has 0 aliphatic rings. The number of carbonyl (C=O) groups is 1. The first-order valence-electron chi connectivity index (χ1n) is 4.55. The van der Waals surface area contributed by atoms with Gasteiger partial charge in [0.1, 0.15) is 6.29 Å². The van der Waals surface area contributed by atoms with Crippen LogP contribution in [-0.4, -0.2) is 6.29 Å². The van der Waals surface area contributed by atoms with E-state index in [-0.39, 0.29) is 10.6 Å². The minimum atomic E-state index is -2.88. The number of benzene rings is 1. The van der Waals surface area contributed by atoms with Gasteiger partial charge in [-0.05, 0) is 18.1 Å².